The maximum Gasteiger partial charge on any atom is 0.366 e. The molecule has 2 N–H and O–H groups in total. The molecular weight excluding hydrogens is 1390 g/mol. The molecule has 0 unspecified atom stereocenters. The number of rotatable bonds is 39. The van der Waals surface area contributed by atoms with E-state index in [0.29, 0.717) is 12.8 Å². The summed E-state index contributed by atoms with van der Waals surface area (Å²) in [4.78, 5) is 187. The van der Waals surface area contributed by atoms with Crippen molar-refractivity contribution in [1.29, 1.82) is 0 Å². The highest BCUT2D eigenvalue weighted by Crippen LogP contribution is 2.43. The molecule has 36 nitrogen and oxygen atoms in total. The third-order valence-corrected chi connectivity index (χ3v) is 16.4. The summed E-state index contributed by atoms with van der Waals surface area (Å²) in [5.41, 5.74) is 0. The van der Waals surface area contributed by atoms with Crippen LogP contribution < -0.4 is 10.6 Å². The van der Waals surface area contributed by atoms with E-state index in [0.717, 1.165) is 142 Å². The topological polar surface area (TPSA) is 448 Å². The molecule has 0 aromatic carbocycles. The quantitative estimate of drug-likeness (QED) is 0.0507. The lowest BCUT2D eigenvalue weighted by Gasteiger charge is -2.53. The van der Waals surface area contributed by atoms with Crippen LogP contribution in [0.4, 0.5) is 0 Å². The van der Waals surface area contributed by atoms with Crippen molar-refractivity contribution in [3.63, 3.8) is 0 Å². The zero-order valence-electron chi connectivity index (χ0n) is 61.9. The Morgan fingerprint density at radius 1 is 0.452 bits per heavy atom. The van der Waals surface area contributed by atoms with E-state index in [-0.39, 0.29) is 19.4 Å². The molecule has 0 saturated carbocycles. The van der Waals surface area contributed by atoms with Gasteiger partial charge in [-0.3, -0.25) is 62.3 Å². The highest BCUT2D eigenvalue weighted by atomic mass is 16.8. The Kier molecular flexibility index (Phi) is 37.2. The fraction of sp³-hybridized carbons (Fsp3) is 0.794. The maximum absolute atomic E-state index is 15.2. The van der Waals surface area contributed by atoms with Crippen LogP contribution in [0.15, 0.2) is 0 Å². The van der Waals surface area contributed by atoms with E-state index in [1.54, 1.807) is 6.92 Å². The normalized spacial score (nSPS) is 29.3. The first-order valence-corrected chi connectivity index (χ1v) is 34.7. The number of unbranched alkanes of at least 4 members (excludes halogenated alkanes) is 9. The molecule has 590 valence electrons. The number of amides is 2. The monoisotopic (exact) mass is 1490 g/mol. The second-order valence-corrected chi connectivity index (χ2v) is 25.4. The van der Waals surface area contributed by atoms with Crippen molar-refractivity contribution >= 4 is 83.4 Å². The van der Waals surface area contributed by atoms with Gasteiger partial charge in [-0.2, -0.15) is 0 Å². The molecule has 0 bridgehead atoms. The lowest BCUT2D eigenvalue weighted by Crippen LogP contribution is -2.72. The molecule has 104 heavy (non-hydrogen) atoms. The average molecular weight is 1490 g/mol. The third-order valence-electron chi connectivity index (χ3n) is 16.4. The summed E-state index contributed by atoms with van der Waals surface area (Å²) in [7, 11) is 0.829. The Balaban J connectivity index is 2.18. The largest absolute Gasteiger partial charge is 0.465 e. The van der Waals surface area contributed by atoms with Gasteiger partial charge in [-0.25, -0.2) is 4.79 Å². The number of esters is 12. The second kappa shape index (κ2) is 43.6. The molecule has 0 aromatic heterocycles. The summed E-state index contributed by atoms with van der Waals surface area (Å²) in [6.07, 6.45) is -26.2. The van der Waals surface area contributed by atoms with E-state index in [2.05, 4.69) is 17.6 Å². The minimum atomic E-state index is -3.24. The SMILES string of the molecule is CCCCCCCCCCCCO[C@@H]1O[C@H](COC(C)=O)[C@@H](O[C@@H]2O[C@H](COC(C)=O)[C@H](OC(C)=O)[C@H](O[C@]3(C(=O)OC)C[C@H](OC(C)=O)[C@@H](NC(C)=O)[C@H]([C@H](OC(C)=O)[C@@H](COC(C)=O)OC(C)=O)O3)[C@H]2OC(C)=O)[C@H](O[C@@H]2O[C@@H](C)[C@@H](OC(C)=O)[C@@H](OC(C)=O)[C@@H]2OC(C)=O)[C@H]1NC(=O)CCC. The molecule has 4 aliphatic heterocycles. The first-order chi connectivity index (χ1) is 49.0. The molecule has 4 aliphatic rings. The van der Waals surface area contributed by atoms with Gasteiger partial charge >= 0.3 is 71.6 Å². The fourth-order valence-electron chi connectivity index (χ4n) is 12.4. The summed E-state index contributed by atoms with van der Waals surface area (Å²) in [6.45, 7) is 14.2. The number of methoxy groups -OCH3 is 1. The molecule has 21 atom stereocenters. The van der Waals surface area contributed by atoms with Gasteiger partial charge in [-0.1, -0.05) is 71.6 Å². The summed E-state index contributed by atoms with van der Waals surface area (Å²) >= 11 is 0. The summed E-state index contributed by atoms with van der Waals surface area (Å²) in [5.74, 6) is -17.7. The van der Waals surface area contributed by atoms with Gasteiger partial charge in [0.1, 0.15) is 68.6 Å². The molecule has 4 heterocycles. The fourth-order valence-corrected chi connectivity index (χ4v) is 12.4. The van der Waals surface area contributed by atoms with Gasteiger partial charge in [-0.15, -0.1) is 0 Å². The molecule has 0 aliphatic carbocycles. The Bertz CT molecular complexity index is 2910. The van der Waals surface area contributed by atoms with Crippen LogP contribution in [0.25, 0.3) is 0 Å². The molecule has 0 radical (unpaired) electrons. The predicted molar refractivity (Wildman–Crippen MR) is 347 cm³/mol. The van der Waals surface area contributed by atoms with Gasteiger partial charge < -0.3 is 105 Å². The van der Waals surface area contributed by atoms with Crippen molar-refractivity contribution in [3.8, 4) is 0 Å². The van der Waals surface area contributed by atoms with Crippen LogP contribution in [0.3, 0.4) is 0 Å². The molecular formula is C68H104N2O34. The van der Waals surface area contributed by atoms with Crippen LogP contribution in [-0.2, 0) is 162 Å². The van der Waals surface area contributed by atoms with Gasteiger partial charge in [0, 0.05) is 96.1 Å². The van der Waals surface area contributed by atoms with E-state index in [1.807, 2.05) is 0 Å². The summed E-state index contributed by atoms with van der Waals surface area (Å²) in [6, 6.07) is -3.40. The van der Waals surface area contributed by atoms with Gasteiger partial charge in [0.15, 0.2) is 61.6 Å². The number of carbonyl (C=O) groups is 14. The first-order valence-electron chi connectivity index (χ1n) is 34.7. The number of carbonyl (C=O) groups excluding carboxylic acids is 14. The van der Waals surface area contributed by atoms with Crippen molar-refractivity contribution in [2.75, 3.05) is 33.5 Å². The minimum Gasteiger partial charge on any atom is -0.465 e. The Morgan fingerprint density at radius 2 is 0.923 bits per heavy atom. The zero-order chi connectivity index (χ0) is 77.7. The van der Waals surface area contributed by atoms with Crippen LogP contribution in [0.5, 0.6) is 0 Å². The smallest absolute Gasteiger partial charge is 0.366 e. The zero-order valence-corrected chi connectivity index (χ0v) is 61.9. The predicted octanol–water partition coefficient (Wildman–Crippen LogP) is 2.86. The van der Waals surface area contributed by atoms with Crippen LogP contribution >= 0.6 is 0 Å². The number of ether oxygens (including phenoxy) is 20. The highest BCUT2D eigenvalue weighted by molar-refractivity contribution is 5.79. The number of hydrogen-bond acceptors (Lipinski definition) is 34. The highest BCUT2D eigenvalue weighted by Gasteiger charge is 2.65. The van der Waals surface area contributed by atoms with Gasteiger partial charge in [0.25, 0.3) is 5.79 Å². The van der Waals surface area contributed by atoms with E-state index in [9.17, 15) is 62.3 Å². The Hall–Kier alpha value is -7.74. The van der Waals surface area contributed by atoms with Crippen molar-refractivity contribution in [3.05, 3.63) is 0 Å². The number of nitrogens with one attached hydrogen (secondary N) is 2. The van der Waals surface area contributed by atoms with Crippen LogP contribution in [0.2, 0.25) is 0 Å². The van der Waals surface area contributed by atoms with Crippen LogP contribution in [-0.4, -0.2) is 245 Å². The molecule has 4 rings (SSSR count). The van der Waals surface area contributed by atoms with Crippen molar-refractivity contribution in [2.45, 2.75) is 316 Å². The van der Waals surface area contributed by atoms with Gasteiger partial charge in [0.2, 0.25) is 11.8 Å². The first kappa shape index (κ1) is 88.7. The third kappa shape index (κ3) is 28.3. The van der Waals surface area contributed by atoms with Crippen molar-refractivity contribution < 1.29 is 162 Å². The van der Waals surface area contributed by atoms with E-state index in [1.165, 1.54) is 6.92 Å². The Labute approximate surface area is 603 Å². The van der Waals surface area contributed by atoms with Crippen molar-refractivity contribution in [2.24, 2.45) is 0 Å². The minimum absolute atomic E-state index is 0.0346. The lowest BCUT2D eigenvalue weighted by atomic mass is 9.87. The maximum atomic E-state index is 15.2. The van der Waals surface area contributed by atoms with Crippen LogP contribution in [0, 0.1) is 0 Å². The van der Waals surface area contributed by atoms with E-state index >= 15 is 4.79 Å². The van der Waals surface area contributed by atoms with E-state index < -0.39 is 238 Å². The van der Waals surface area contributed by atoms with Gasteiger partial charge in [0.05, 0.1) is 25.7 Å². The molecule has 2 amide bonds. The molecule has 4 fully saturated rings. The van der Waals surface area contributed by atoms with E-state index in [4.69, 9.17) is 94.7 Å². The van der Waals surface area contributed by atoms with Gasteiger partial charge in [-0.05, 0) is 19.8 Å². The summed E-state index contributed by atoms with van der Waals surface area (Å²) in [5, 5.41) is 5.42. The van der Waals surface area contributed by atoms with Crippen molar-refractivity contribution in [1.82, 2.24) is 10.6 Å². The number of hydrogen-bond donors (Lipinski definition) is 2. The average Bonchev–Trinajstić information content (AvgIpc) is 0.762. The molecule has 0 spiro atoms. The Morgan fingerprint density at radius 3 is 1.42 bits per heavy atom. The van der Waals surface area contributed by atoms with Crippen LogP contribution in [0.1, 0.15) is 187 Å². The lowest BCUT2D eigenvalue weighted by molar-refractivity contribution is -0.391. The molecule has 0 aromatic rings. The molecule has 36 heteroatoms. The second-order valence-electron chi connectivity index (χ2n) is 25.4. The molecule has 4 saturated heterocycles. The summed E-state index contributed by atoms with van der Waals surface area (Å²) < 4.78 is 122. The standard InChI is InChI=1S/C68H104N2O34/c1-17-19-20-21-22-23-24-25-26-27-29-86-64-53(70-51(83)28-18-2)58(102-65-62(97-45(14)81)60(96-44(13)80)54(34(3)90-65)93-41(10)77)55(49(99-64)32-88-37(6)73)101-66-63(98-46(15)82)61(57(95-43(12)79)50(100-66)33-89-38(7)74)104-68(67(84)85-16)30-47(91-39(8)75)52(69-35(4)71)59(103-68)56(94-42(11)78)48(92-40(9)76)31-87-36(5)72/h34,47-50,52-66H,17-33H2,1-16H3,(H,69,71)(H,70,83)/t34-,47-,48+,49+,50+,52+,53+,54+,55+,56+,57-,58+,59+,60+,61-,62-,63+,64+,65-,66-,68-/m0/s1.